The average Bonchev–Trinajstić information content (AvgIpc) is 2.35. The van der Waals surface area contributed by atoms with Crippen LogP contribution in [0.2, 0.25) is 0 Å². The van der Waals surface area contributed by atoms with Crippen molar-refractivity contribution in [2.75, 3.05) is 11.9 Å². The second-order valence-corrected chi connectivity index (χ2v) is 3.87. The molecule has 0 aliphatic rings. The molecule has 0 spiro atoms. The Hall–Kier alpha value is -1.43. The van der Waals surface area contributed by atoms with Gasteiger partial charge in [0.25, 0.3) is 5.69 Å². The summed E-state index contributed by atoms with van der Waals surface area (Å²) >= 11 is 3.29. The number of hydrogen-bond acceptors (Lipinski definition) is 4. The van der Waals surface area contributed by atoms with Gasteiger partial charge in [-0.15, -0.1) is 0 Å². The van der Waals surface area contributed by atoms with Crippen LogP contribution in [-0.2, 0) is 4.84 Å². The van der Waals surface area contributed by atoms with Crippen molar-refractivity contribution in [1.82, 2.24) is 0 Å². The fourth-order valence-corrected chi connectivity index (χ4v) is 1.59. The molecular formula is C11H13BrN2O3. The fraction of sp³-hybridized carbons (Fsp3) is 0.364. The van der Waals surface area contributed by atoms with E-state index < -0.39 is 4.92 Å². The van der Waals surface area contributed by atoms with Gasteiger partial charge in [0.15, 0.2) is 0 Å². The summed E-state index contributed by atoms with van der Waals surface area (Å²) in [4.78, 5) is 15.3. The number of nitro benzene ring substituents is 1. The summed E-state index contributed by atoms with van der Waals surface area (Å²) in [5, 5.41) is 15.1. The lowest BCUT2D eigenvalue weighted by Crippen LogP contribution is -2.04. The van der Waals surface area contributed by atoms with E-state index in [-0.39, 0.29) is 5.69 Å². The lowest BCUT2D eigenvalue weighted by molar-refractivity contribution is -0.384. The maximum Gasteiger partial charge on any atom is 0.270 e. The van der Waals surface area contributed by atoms with Crippen molar-refractivity contribution in [3.63, 3.8) is 0 Å². The monoisotopic (exact) mass is 300 g/mol. The van der Waals surface area contributed by atoms with Gasteiger partial charge in [-0.3, -0.25) is 10.1 Å². The van der Waals surface area contributed by atoms with E-state index in [1.165, 1.54) is 12.1 Å². The molecule has 0 fully saturated rings. The molecule has 17 heavy (non-hydrogen) atoms. The number of rotatable bonds is 6. The minimum absolute atomic E-state index is 0.0478. The zero-order valence-electron chi connectivity index (χ0n) is 9.43. The Kier molecular flexibility index (Phi) is 5.62. The third-order valence-corrected chi connectivity index (χ3v) is 2.52. The molecule has 1 rings (SSSR count). The summed E-state index contributed by atoms with van der Waals surface area (Å²) in [5.41, 5.74) is 1.38. The number of hydrogen-bond donors (Lipinski definition) is 0. The van der Waals surface area contributed by atoms with Crippen LogP contribution in [-0.4, -0.2) is 22.6 Å². The topological polar surface area (TPSA) is 64.7 Å². The van der Waals surface area contributed by atoms with Gasteiger partial charge in [-0.05, 0) is 6.42 Å². The fourth-order valence-electron chi connectivity index (χ4n) is 1.17. The minimum atomic E-state index is -0.428. The summed E-state index contributed by atoms with van der Waals surface area (Å²) in [5.74, 6) is 0. The van der Waals surface area contributed by atoms with Crippen molar-refractivity contribution < 1.29 is 9.76 Å². The van der Waals surface area contributed by atoms with E-state index in [4.69, 9.17) is 4.84 Å². The van der Waals surface area contributed by atoms with Crippen molar-refractivity contribution in [1.29, 1.82) is 0 Å². The zero-order chi connectivity index (χ0) is 12.7. The second-order valence-electron chi connectivity index (χ2n) is 3.31. The summed E-state index contributed by atoms with van der Waals surface area (Å²) in [6.45, 7) is 2.52. The van der Waals surface area contributed by atoms with Gasteiger partial charge in [0.1, 0.15) is 6.61 Å². The number of oxime groups is 1. The van der Waals surface area contributed by atoms with E-state index in [0.717, 1.165) is 6.42 Å². The molecule has 0 amide bonds. The number of non-ortho nitro benzene ring substituents is 1. The molecule has 0 aromatic heterocycles. The number of benzene rings is 1. The molecule has 0 aliphatic heterocycles. The Balaban J connectivity index is 2.91. The molecule has 0 aliphatic carbocycles. The van der Waals surface area contributed by atoms with Gasteiger partial charge in [0, 0.05) is 23.0 Å². The summed E-state index contributed by atoms with van der Waals surface area (Å²) in [6, 6.07) is 6.32. The molecule has 0 unspecified atom stereocenters. The lowest BCUT2D eigenvalue weighted by Gasteiger charge is -2.03. The Labute approximate surface area is 108 Å². The van der Waals surface area contributed by atoms with Gasteiger partial charge in [0.05, 0.1) is 10.6 Å². The van der Waals surface area contributed by atoms with E-state index >= 15 is 0 Å². The normalized spacial score (nSPS) is 11.3. The first-order valence-electron chi connectivity index (χ1n) is 5.18. The summed E-state index contributed by atoms with van der Waals surface area (Å²) in [6.07, 6.45) is 0.869. The van der Waals surface area contributed by atoms with E-state index in [1.807, 2.05) is 6.92 Å². The first-order chi connectivity index (χ1) is 8.19. The molecule has 0 N–H and O–H groups in total. The largest absolute Gasteiger partial charge is 0.396 e. The summed E-state index contributed by atoms with van der Waals surface area (Å²) in [7, 11) is 0. The van der Waals surface area contributed by atoms with Crippen molar-refractivity contribution >= 4 is 27.3 Å². The third-order valence-electron chi connectivity index (χ3n) is 1.99. The van der Waals surface area contributed by atoms with E-state index in [2.05, 4.69) is 21.1 Å². The quantitative estimate of drug-likeness (QED) is 0.266. The van der Waals surface area contributed by atoms with Crippen molar-refractivity contribution in [3.05, 3.63) is 39.9 Å². The van der Waals surface area contributed by atoms with Gasteiger partial charge in [0.2, 0.25) is 0 Å². The van der Waals surface area contributed by atoms with E-state index in [9.17, 15) is 10.1 Å². The molecule has 5 nitrogen and oxygen atoms in total. The molecule has 92 valence electrons. The van der Waals surface area contributed by atoms with Crippen LogP contribution in [0.1, 0.15) is 18.9 Å². The Morgan fingerprint density at radius 1 is 1.59 bits per heavy atom. The number of halogens is 1. The molecule has 0 radical (unpaired) electrons. The van der Waals surface area contributed by atoms with Crippen LogP contribution in [0.5, 0.6) is 0 Å². The Morgan fingerprint density at radius 2 is 2.35 bits per heavy atom. The highest BCUT2D eigenvalue weighted by atomic mass is 79.9. The molecule has 1 aromatic carbocycles. The molecule has 0 saturated heterocycles. The first kappa shape index (κ1) is 13.6. The van der Waals surface area contributed by atoms with Crippen molar-refractivity contribution in [2.24, 2.45) is 5.16 Å². The van der Waals surface area contributed by atoms with Crippen molar-refractivity contribution in [3.8, 4) is 0 Å². The molecular weight excluding hydrogens is 288 g/mol. The van der Waals surface area contributed by atoms with Crippen LogP contribution in [0.25, 0.3) is 0 Å². The highest BCUT2D eigenvalue weighted by Crippen LogP contribution is 2.14. The van der Waals surface area contributed by atoms with Gasteiger partial charge < -0.3 is 4.84 Å². The van der Waals surface area contributed by atoms with Gasteiger partial charge in [-0.2, -0.15) is 0 Å². The smallest absolute Gasteiger partial charge is 0.270 e. The molecule has 0 saturated carbocycles. The Morgan fingerprint density at radius 3 is 2.94 bits per heavy atom. The SMILES string of the molecule is CCCO/N=C(\CBr)c1cccc([N+](=O)[O-])c1. The standard InChI is InChI=1S/C11H13BrN2O3/c1-2-6-17-13-11(8-12)9-4-3-5-10(7-9)14(15)16/h3-5,7H,2,6,8H2,1H3/b13-11+. The first-order valence-corrected chi connectivity index (χ1v) is 6.30. The molecule has 6 heteroatoms. The minimum Gasteiger partial charge on any atom is -0.396 e. The lowest BCUT2D eigenvalue weighted by atomic mass is 10.1. The zero-order valence-corrected chi connectivity index (χ0v) is 11.0. The maximum atomic E-state index is 10.6. The Bertz CT molecular complexity index is 421. The average molecular weight is 301 g/mol. The highest BCUT2D eigenvalue weighted by Gasteiger charge is 2.09. The highest BCUT2D eigenvalue weighted by molar-refractivity contribution is 9.09. The van der Waals surface area contributed by atoms with Crippen LogP contribution < -0.4 is 0 Å². The predicted molar refractivity (Wildman–Crippen MR) is 69.7 cm³/mol. The van der Waals surface area contributed by atoms with Gasteiger partial charge in [-0.25, -0.2) is 0 Å². The van der Waals surface area contributed by atoms with E-state index in [1.54, 1.807) is 12.1 Å². The molecule has 0 heterocycles. The van der Waals surface area contributed by atoms with Crippen LogP contribution >= 0.6 is 15.9 Å². The third kappa shape index (κ3) is 4.14. The number of alkyl halides is 1. The molecule has 1 aromatic rings. The summed E-state index contributed by atoms with van der Waals surface area (Å²) < 4.78 is 0. The van der Waals surface area contributed by atoms with Crippen molar-refractivity contribution in [2.45, 2.75) is 13.3 Å². The molecule has 0 atom stereocenters. The van der Waals surface area contributed by atoms with Crippen LogP contribution in [0.4, 0.5) is 5.69 Å². The second kappa shape index (κ2) is 7.01. The van der Waals surface area contributed by atoms with Gasteiger partial charge in [-0.1, -0.05) is 40.1 Å². The van der Waals surface area contributed by atoms with Gasteiger partial charge >= 0.3 is 0 Å². The maximum absolute atomic E-state index is 10.6. The van der Waals surface area contributed by atoms with Crippen LogP contribution in [0.3, 0.4) is 0 Å². The van der Waals surface area contributed by atoms with E-state index in [0.29, 0.717) is 23.2 Å². The number of nitro groups is 1. The molecule has 0 bridgehead atoms. The number of nitrogens with zero attached hydrogens (tertiary/aromatic N) is 2. The van der Waals surface area contributed by atoms with Crippen LogP contribution in [0, 0.1) is 10.1 Å². The van der Waals surface area contributed by atoms with Crippen LogP contribution in [0.15, 0.2) is 29.4 Å². The predicted octanol–water partition coefficient (Wildman–Crippen LogP) is 3.12.